The van der Waals surface area contributed by atoms with E-state index in [-0.39, 0.29) is 4.74 Å². The predicted octanol–water partition coefficient (Wildman–Crippen LogP) is 0.302. The minimum absolute atomic E-state index is 0.284. The van der Waals surface area contributed by atoms with Crippen LogP contribution in [0.3, 0.4) is 0 Å². The van der Waals surface area contributed by atoms with Gasteiger partial charge in [-0.3, -0.25) is 0 Å². The molecule has 0 radical (unpaired) electrons. The molecule has 0 unspecified atom stereocenters. The molecule has 3 N–H and O–H groups in total. The smallest absolute Gasteiger partial charge is 0.367 e. The number of nitrogens with two attached hydrogens (primary N) is 1. The van der Waals surface area contributed by atoms with E-state index in [0.29, 0.717) is 12.1 Å². The van der Waals surface area contributed by atoms with Crippen molar-refractivity contribution >= 4 is 18.2 Å². The molecule has 0 saturated heterocycles. The predicted molar refractivity (Wildman–Crippen MR) is 62.3 cm³/mol. The molecule has 110 valence electrons. The summed E-state index contributed by atoms with van der Waals surface area (Å²) in [7, 11) is 0. The van der Waals surface area contributed by atoms with E-state index in [1.54, 1.807) is 0 Å². The highest BCUT2D eigenvalue weighted by Gasteiger charge is 2.26. The third kappa shape index (κ3) is 5.09. The Balaban J connectivity index is 3.46. The Morgan fingerprint density at radius 3 is 2.60 bits per heavy atom. The first kappa shape index (κ1) is 15.7. The van der Waals surface area contributed by atoms with Crippen molar-refractivity contribution in [3.05, 3.63) is 37.7 Å². The molecule has 0 aliphatic heterocycles. The molecule has 8 nitrogen and oxygen atoms in total. The lowest BCUT2D eigenvalue weighted by Gasteiger charge is -2.03. The summed E-state index contributed by atoms with van der Waals surface area (Å²) < 4.78 is 44.5. The van der Waals surface area contributed by atoms with E-state index in [1.807, 2.05) is 5.16 Å². The first-order chi connectivity index (χ1) is 9.19. The summed E-state index contributed by atoms with van der Waals surface area (Å²) in [4.78, 5) is 25.1. The molecule has 0 aliphatic carbocycles. The Bertz CT molecular complexity index is 725. The molecule has 0 spiro atoms. The van der Waals surface area contributed by atoms with Crippen molar-refractivity contribution in [3.63, 3.8) is 0 Å². The lowest BCUT2D eigenvalue weighted by Crippen LogP contribution is -2.27. The number of halogens is 3. The summed E-state index contributed by atoms with van der Waals surface area (Å²) in [6.07, 6.45) is -4.60. The number of nitrogens with one attached hydrogen (secondary N) is 1. The van der Waals surface area contributed by atoms with E-state index < -0.39 is 34.7 Å². The minimum atomic E-state index is -4.60. The lowest BCUT2D eigenvalue weighted by atomic mass is 10.6. The van der Waals surface area contributed by atoms with Gasteiger partial charge in [0.15, 0.2) is 0 Å². The summed E-state index contributed by atoms with van der Waals surface area (Å²) in [5, 5.41) is 1.86. The summed E-state index contributed by atoms with van der Waals surface area (Å²) in [6.45, 7) is -1.61. The fraction of sp³-hybridized carbons (Fsp3) is 0.250. The van der Waals surface area contributed by atoms with Crippen molar-refractivity contribution in [1.29, 1.82) is 0 Å². The van der Waals surface area contributed by atoms with Gasteiger partial charge in [-0.2, -0.15) is 18.3 Å². The molecule has 0 atom stereocenters. The van der Waals surface area contributed by atoms with Crippen LogP contribution in [0.5, 0.6) is 0 Å². The van der Waals surface area contributed by atoms with E-state index in [1.165, 1.54) is 0 Å². The molecule has 12 heteroatoms. The van der Waals surface area contributed by atoms with Gasteiger partial charge in [-0.05, 0) is 12.2 Å². The second-order valence-electron chi connectivity index (χ2n) is 3.16. The van der Waals surface area contributed by atoms with Crippen LogP contribution >= 0.6 is 12.2 Å². The van der Waals surface area contributed by atoms with Crippen LogP contribution in [0.2, 0.25) is 0 Å². The standard InChI is InChI=1S/C8H7F3N4O4S/c9-8(10,11)3-13-6(12)15-7(20)14-18-4(16)1-2-5(17)19-15/h1-2H,3H2,(H2,12,13)(H,14,20). The Morgan fingerprint density at radius 1 is 1.40 bits per heavy atom. The van der Waals surface area contributed by atoms with Crippen molar-refractivity contribution in [2.75, 3.05) is 6.54 Å². The second-order valence-corrected chi connectivity index (χ2v) is 3.54. The highest BCUT2D eigenvalue weighted by Crippen LogP contribution is 2.14. The summed E-state index contributed by atoms with van der Waals surface area (Å²) in [5.74, 6) is -0.848. The highest BCUT2D eigenvalue weighted by molar-refractivity contribution is 7.71. The van der Waals surface area contributed by atoms with Gasteiger partial charge in [-0.15, -0.1) is 4.74 Å². The lowest BCUT2D eigenvalue weighted by molar-refractivity contribution is -0.118. The topological polar surface area (TPSA) is 120 Å². The molecule has 1 aromatic rings. The Labute approximate surface area is 112 Å². The average molecular weight is 312 g/mol. The summed E-state index contributed by atoms with van der Waals surface area (Å²) >= 11 is 4.61. The van der Waals surface area contributed by atoms with E-state index in [9.17, 15) is 22.8 Å². The van der Waals surface area contributed by atoms with Gasteiger partial charge in [0.05, 0.1) is 0 Å². The molecule has 0 saturated carbocycles. The number of rotatable bonds is 1. The van der Waals surface area contributed by atoms with Gasteiger partial charge >= 0.3 is 17.4 Å². The molecule has 20 heavy (non-hydrogen) atoms. The van der Waals surface area contributed by atoms with Crippen LogP contribution < -0.4 is 17.0 Å². The maximum absolute atomic E-state index is 12.0. The molecule has 0 fully saturated rings. The fourth-order valence-electron chi connectivity index (χ4n) is 0.853. The van der Waals surface area contributed by atoms with Gasteiger partial charge in [0.2, 0.25) is 10.7 Å². The SMILES string of the molecule is NC(=NCC(F)(F)F)n1oc(=O)ccc(=O)o[nH]c1=S. The van der Waals surface area contributed by atoms with Crippen molar-refractivity contribution < 1.29 is 22.2 Å². The third-order valence-corrected chi connectivity index (χ3v) is 1.84. The van der Waals surface area contributed by atoms with Crippen molar-refractivity contribution in [3.8, 4) is 0 Å². The summed E-state index contributed by atoms with van der Waals surface area (Å²) in [6, 6.07) is 1.38. The van der Waals surface area contributed by atoms with Crippen LogP contribution in [-0.4, -0.2) is 28.6 Å². The largest absolute Gasteiger partial charge is 0.408 e. The average Bonchev–Trinajstić information content (AvgIpc) is 2.40. The van der Waals surface area contributed by atoms with E-state index in [0.717, 1.165) is 0 Å². The molecular formula is C8H7F3N4O4S. The van der Waals surface area contributed by atoms with Crippen LogP contribution in [0.15, 0.2) is 35.8 Å². The number of hydrogen-bond donors (Lipinski definition) is 2. The molecule has 0 bridgehead atoms. The summed E-state index contributed by atoms with van der Waals surface area (Å²) in [5.41, 5.74) is 3.13. The van der Waals surface area contributed by atoms with Crippen molar-refractivity contribution in [2.45, 2.75) is 6.18 Å². The normalized spacial score (nSPS) is 12.1. The molecule has 1 heterocycles. The fourth-order valence-corrected chi connectivity index (χ4v) is 1.03. The number of nitrogens with zero attached hydrogens (tertiary/aromatic N) is 2. The number of H-pyrrole nitrogens is 1. The second kappa shape index (κ2) is 6.18. The highest BCUT2D eigenvalue weighted by atomic mass is 32.1. The van der Waals surface area contributed by atoms with Gasteiger partial charge in [0.25, 0.3) is 0 Å². The van der Waals surface area contributed by atoms with Gasteiger partial charge < -0.3 is 14.8 Å². The first-order valence-corrected chi connectivity index (χ1v) is 5.17. The van der Waals surface area contributed by atoms with Crippen LogP contribution in [-0.2, 0) is 0 Å². The van der Waals surface area contributed by atoms with Crippen LogP contribution in [0.25, 0.3) is 0 Å². The molecule has 0 aliphatic rings. The maximum Gasteiger partial charge on any atom is 0.408 e. The Kier molecular flexibility index (Phi) is 4.85. The monoisotopic (exact) mass is 312 g/mol. The van der Waals surface area contributed by atoms with Gasteiger partial charge in [0.1, 0.15) is 6.54 Å². The van der Waals surface area contributed by atoms with Crippen molar-refractivity contribution in [2.24, 2.45) is 10.7 Å². The molecule has 1 rings (SSSR count). The van der Waals surface area contributed by atoms with Gasteiger partial charge in [-0.1, -0.05) is 0 Å². The zero-order valence-corrected chi connectivity index (χ0v) is 10.3. The number of alkyl halides is 3. The van der Waals surface area contributed by atoms with E-state index in [4.69, 9.17) is 5.73 Å². The third-order valence-electron chi connectivity index (χ3n) is 1.59. The van der Waals surface area contributed by atoms with Gasteiger partial charge in [-0.25, -0.2) is 14.6 Å². The van der Waals surface area contributed by atoms with Crippen LogP contribution in [0, 0.1) is 4.77 Å². The maximum atomic E-state index is 12.0. The van der Waals surface area contributed by atoms with Crippen LogP contribution in [0.4, 0.5) is 13.2 Å². The zero-order valence-electron chi connectivity index (χ0n) is 9.51. The van der Waals surface area contributed by atoms with E-state index in [2.05, 4.69) is 26.3 Å². The zero-order chi connectivity index (χ0) is 15.3. The molecule has 1 aromatic heterocycles. The van der Waals surface area contributed by atoms with Gasteiger partial charge in [0, 0.05) is 12.1 Å². The Morgan fingerprint density at radius 2 is 2.00 bits per heavy atom. The number of aromatic amines is 1. The van der Waals surface area contributed by atoms with Crippen LogP contribution in [0.1, 0.15) is 0 Å². The number of aromatic nitrogens is 2. The Hall–Kier alpha value is -2.37. The van der Waals surface area contributed by atoms with E-state index >= 15 is 0 Å². The molecular weight excluding hydrogens is 305 g/mol. The number of hydrogen-bond acceptors (Lipinski definition) is 6. The number of aliphatic imine (C=N–C) groups is 1. The van der Waals surface area contributed by atoms with Crippen molar-refractivity contribution in [1.82, 2.24) is 9.90 Å². The quantitative estimate of drug-likeness (QED) is 0.437. The minimum Gasteiger partial charge on any atom is -0.367 e. The molecule has 0 aromatic carbocycles. The first-order valence-electron chi connectivity index (χ1n) is 4.76. The molecule has 0 amide bonds.